The maximum atomic E-state index is 10.9. The zero-order valence-corrected chi connectivity index (χ0v) is 8.95. The first-order valence-corrected chi connectivity index (χ1v) is 4.73. The van der Waals surface area contributed by atoms with Gasteiger partial charge in [-0.25, -0.2) is 4.79 Å². The van der Waals surface area contributed by atoms with Gasteiger partial charge in [0.25, 0.3) is 0 Å². The second-order valence-electron chi connectivity index (χ2n) is 2.33. The van der Waals surface area contributed by atoms with Crippen LogP contribution in [0.2, 0.25) is 0 Å². The van der Waals surface area contributed by atoms with Gasteiger partial charge in [-0.2, -0.15) is 0 Å². The van der Waals surface area contributed by atoms with Crippen LogP contribution in [-0.4, -0.2) is 34.5 Å². The summed E-state index contributed by atoms with van der Waals surface area (Å²) in [6.07, 6.45) is 1.69. The number of halogens is 1. The molecular weight excluding hydrogens is 222 g/mol. The summed E-state index contributed by atoms with van der Waals surface area (Å²) in [6.45, 7) is 2.19. The molecule has 15 heavy (non-hydrogen) atoms. The molecule has 0 aliphatic heterocycles. The quantitative estimate of drug-likeness (QED) is 0.613. The molecular formula is C9H12ClNO4. The number of aromatic amines is 1. The minimum Gasteiger partial charge on any atom is -0.480 e. The van der Waals surface area contributed by atoms with Gasteiger partial charge in [0.2, 0.25) is 0 Å². The molecule has 0 saturated heterocycles. The van der Waals surface area contributed by atoms with Crippen LogP contribution in [0.25, 0.3) is 0 Å². The molecule has 0 bridgehead atoms. The maximum Gasteiger partial charge on any atom is 0.354 e. The van der Waals surface area contributed by atoms with E-state index < -0.39 is 5.97 Å². The van der Waals surface area contributed by atoms with Gasteiger partial charge in [-0.3, -0.25) is 4.79 Å². The lowest BCUT2D eigenvalue weighted by Gasteiger charge is -1.96. The van der Waals surface area contributed by atoms with Gasteiger partial charge in [0.1, 0.15) is 11.6 Å². The molecule has 5 nitrogen and oxygen atoms in total. The van der Waals surface area contributed by atoms with Crippen molar-refractivity contribution in [2.24, 2.45) is 0 Å². The zero-order chi connectivity index (χ0) is 11.7. The van der Waals surface area contributed by atoms with Crippen LogP contribution in [0.15, 0.2) is 18.3 Å². The number of alkyl halides is 1. The summed E-state index contributed by atoms with van der Waals surface area (Å²) >= 11 is 4.74. The van der Waals surface area contributed by atoms with Gasteiger partial charge >= 0.3 is 11.9 Å². The number of nitrogens with one attached hydrogen (secondary N) is 1. The predicted molar refractivity (Wildman–Crippen MR) is 55.1 cm³/mol. The number of H-pyrrole nitrogens is 1. The highest BCUT2D eigenvalue weighted by atomic mass is 35.5. The van der Waals surface area contributed by atoms with Crippen LogP contribution >= 0.6 is 11.6 Å². The number of rotatable bonds is 3. The van der Waals surface area contributed by atoms with Crippen molar-refractivity contribution in [3.63, 3.8) is 0 Å². The van der Waals surface area contributed by atoms with E-state index in [1.807, 2.05) is 0 Å². The number of carboxylic acids is 1. The van der Waals surface area contributed by atoms with Crippen LogP contribution in [0.1, 0.15) is 17.4 Å². The lowest BCUT2D eigenvalue weighted by atomic mass is 10.4. The third-order valence-electron chi connectivity index (χ3n) is 1.21. The standard InChI is InChI=1S/C7H9NO2.C2H3ClO2/c1-2-10-7(9)6-4-3-5-8-6;3-1-2(4)5/h3-5,8H,2H2,1H3;1H2,(H,4,5). The minimum atomic E-state index is -0.980. The average molecular weight is 234 g/mol. The topological polar surface area (TPSA) is 79.4 Å². The SMILES string of the molecule is CCOC(=O)c1ccc[nH]1.O=C(O)CCl. The second-order valence-corrected chi connectivity index (χ2v) is 2.60. The summed E-state index contributed by atoms with van der Waals surface area (Å²) in [4.78, 5) is 22.8. The van der Waals surface area contributed by atoms with Crippen LogP contribution in [0.5, 0.6) is 0 Å². The number of hydrogen-bond acceptors (Lipinski definition) is 3. The summed E-state index contributed by atoms with van der Waals surface area (Å²) in [5, 5.41) is 7.59. The van der Waals surface area contributed by atoms with Crippen LogP contribution < -0.4 is 0 Å². The predicted octanol–water partition coefficient (Wildman–Crippen LogP) is 1.50. The molecule has 0 spiro atoms. The summed E-state index contributed by atoms with van der Waals surface area (Å²) in [6, 6.07) is 3.43. The van der Waals surface area contributed by atoms with Gasteiger partial charge in [0.05, 0.1) is 6.61 Å². The fraction of sp³-hybridized carbons (Fsp3) is 0.333. The van der Waals surface area contributed by atoms with Gasteiger partial charge in [0, 0.05) is 6.20 Å². The van der Waals surface area contributed by atoms with Crippen LogP contribution in [0.3, 0.4) is 0 Å². The van der Waals surface area contributed by atoms with Gasteiger partial charge in [-0.15, -0.1) is 11.6 Å². The summed E-state index contributed by atoms with van der Waals surface area (Å²) in [5.74, 6) is -1.58. The van der Waals surface area contributed by atoms with Crippen molar-refractivity contribution in [1.29, 1.82) is 0 Å². The number of ether oxygens (including phenoxy) is 1. The molecule has 2 N–H and O–H groups in total. The molecule has 0 aliphatic rings. The number of carbonyl (C=O) groups excluding carboxylic acids is 1. The highest BCUT2D eigenvalue weighted by molar-refractivity contribution is 6.26. The first-order valence-electron chi connectivity index (χ1n) is 4.20. The Balaban J connectivity index is 0.000000336. The first-order chi connectivity index (χ1) is 7.11. The third-order valence-corrected chi connectivity index (χ3v) is 1.44. The Morgan fingerprint density at radius 3 is 2.53 bits per heavy atom. The molecule has 0 aromatic carbocycles. The molecule has 0 amide bonds. The number of aliphatic carboxylic acids is 1. The van der Waals surface area contributed by atoms with Crippen LogP contribution in [-0.2, 0) is 9.53 Å². The Morgan fingerprint density at radius 2 is 2.20 bits per heavy atom. The van der Waals surface area contributed by atoms with Gasteiger partial charge in [-0.1, -0.05) is 0 Å². The van der Waals surface area contributed by atoms with Crippen molar-refractivity contribution in [3.8, 4) is 0 Å². The monoisotopic (exact) mass is 233 g/mol. The molecule has 0 radical (unpaired) electrons. The van der Waals surface area contributed by atoms with E-state index in [4.69, 9.17) is 21.4 Å². The van der Waals surface area contributed by atoms with E-state index >= 15 is 0 Å². The molecule has 0 fully saturated rings. The fourth-order valence-electron chi connectivity index (χ4n) is 0.666. The van der Waals surface area contributed by atoms with Gasteiger partial charge in [-0.05, 0) is 19.1 Å². The van der Waals surface area contributed by atoms with E-state index in [2.05, 4.69) is 4.98 Å². The number of carbonyl (C=O) groups is 2. The Morgan fingerprint density at radius 1 is 1.60 bits per heavy atom. The van der Waals surface area contributed by atoms with Crippen LogP contribution in [0.4, 0.5) is 0 Å². The van der Waals surface area contributed by atoms with Gasteiger partial charge < -0.3 is 14.8 Å². The number of carboxylic acid groups (broad SMARTS) is 1. The summed E-state index contributed by atoms with van der Waals surface area (Å²) in [7, 11) is 0. The molecule has 0 aliphatic carbocycles. The smallest absolute Gasteiger partial charge is 0.354 e. The summed E-state index contributed by atoms with van der Waals surface area (Å²) in [5.41, 5.74) is 0.502. The van der Waals surface area contributed by atoms with Crippen molar-refractivity contribution in [1.82, 2.24) is 4.98 Å². The zero-order valence-electron chi connectivity index (χ0n) is 8.20. The van der Waals surface area contributed by atoms with Crippen molar-refractivity contribution >= 4 is 23.5 Å². The molecule has 0 unspecified atom stereocenters. The number of esters is 1. The van der Waals surface area contributed by atoms with Crippen molar-refractivity contribution in [2.45, 2.75) is 6.92 Å². The molecule has 1 aromatic rings. The van der Waals surface area contributed by atoms with E-state index in [1.54, 1.807) is 25.3 Å². The average Bonchev–Trinajstić information content (AvgIpc) is 2.72. The Bertz CT molecular complexity index is 297. The molecule has 1 rings (SSSR count). The van der Waals surface area contributed by atoms with E-state index in [0.29, 0.717) is 12.3 Å². The van der Waals surface area contributed by atoms with E-state index in [9.17, 15) is 9.59 Å². The Hall–Kier alpha value is -1.49. The highest BCUT2D eigenvalue weighted by Crippen LogP contribution is 1.96. The Labute approximate surface area is 92.0 Å². The van der Waals surface area contributed by atoms with E-state index in [1.165, 1.54) is 0 Å². The number of hydrogen-bond donors (Lipinski definition) is 2. The highest BCUT2D eigenvalue weighted by Gasteiger charge is 2.04. The van der Waals surface area contributed by atoms with Crippen molar-refractivity contribution < 1.29 is 19.4 Å². The maximum absolute atomic E-state index is 10.9. The first kappa shape index (κ1) is 13.5. The largest absolute Gasteiger partial charge is 0.480 e. The lowest BCUT2D eigenvalue weighted by molar-refractivity contribution is -0.134. The second kappa shape index (κ2) is 7.87. The molecule has 6 heteroatoms. The van der Waals surface area contributed by atoms with E-state index in [-0.39, 0.29) is 11.8 Å². The molecule has 1 heterocycles. The molecule has 0 atom stereocenters. The van der Waals surface area contributed by atoms with Crippen molar-refractivity contribution in [3.05, 3.63) is 24.0 Å². The summed E-state index contributed by atoms with van der Waals surface area (Å²) < 4.78 is 4.72. The lowest BCUT2D eigenvalue weighted by Crippen LogP contribution is -2.04. The normalized spacial score (nSPS) is 8.67. The fourth-order valence-corrected chi connectivity index (χ4v) is 0.666. The third kappa shape index (κ3) is 6.56. The Kier molecular flexibility index (Phi) is 7.09. The minimum absolute atomic E-state index is 0.299. The molecule has 0 saturated carbocycles. The number of aromatic nitrogens is 1. The molecule has 1 aromatic heterocycles. The molecule has 84 valence electrons. The van der Waals surface area contributed by atoms with Crippen LogP contribution in [0, 0.1) is 0 Å². The van der Waals surface area contributed by atoms with Crippen molar-refractivity contribution in [2.75, 3.05) is 12.5 Å². The van der Waals surface area contributed by atoms with Gasteiger partial charge in [0.15, 0.2) is 0 Å². The van der Waals surface area contributed by atoms with E-state index in [0.717, 1.165) is 0 Å².